The minimum Gasteiger partial charge on any atom is -0.454 e. The molecule has 83 heavy (non-hydrogen) atoms. The SMILES string of the molecule is CCCCC/C=C\C/C=C\C/C=C\C/C=C\CCCCCCCCCC(=O)OC1C(OCC(NC(=O)C(O)CCCCCCCCCC/C=C\C/C=C\CCCCC)C(O)/C=C/CCCCCCCCCCCCC)OC(CO)C(O)C1O. The van der Waals surface area contributed by atoms with Gasteiger partial charge in [-0.1, -0.05) is 273 Å². The first-order valence-corrected chi connectivity index (χ1v) is 34.4. The van der Waals surface area contributed by atoms with Crippen molar-refractivity contribution in [3.8, 4) is 0 Å². The number of carbonyl (C=O) groups is 2. The van der Waals surface area contributed by atoms with Gasteiger partial charge in [-0.3, -0.25) is 9.59 Å². The number of aliphatic hydroxyl groups is 5. The molecule has 0 aromatic heterocycles. The smallest absolute Gasteiger partial charge is 0.306 e. The monoisotopic (exact) mass is 1170 g/mol. The fourth-order valence-electron chi connectivity index (χ4n) is 10.3. The van der Waals surface area contributed by atoms with E-state index in [0.29, 0.717) is 12.8 Å². The molecule has 480 valence electrons. The second kappa shape index (κ2) is 59.2. The molecule has 6 N–H and O–H groups in total. The summed E-state index contributed by atoms with van der Waals surface area (Å²) in [5, 5.41) is 57.2. The van der Waals surface area contributed by atoms with Gasteiger partial charge in [-0.15, -0.1) is 0 Å². The third-order valence-corrected chi connectivity index (χ3v) is 15.8. The maximum absolute atomic E-state index is 13.5. The number of rotatable bonds is 58. The number of allylic oxidation sites excluding steroid dienone is 13. The Hall–Kier alpha value is -3.16. The van der Waals surface area contributed by atoms with E-state index in [1.54, 1.807) is 6.08 Å². The molecule has 0 saturated carbocycles. The molecule has 11 heteroatoms. The highest BCUT2D eigenvalue weighted by Crippen LogP contribution is 2.26. The van der Waals surface area contributed by atoms with E-state index in [4.69, 9.17) is 14.2 Å². The molecular formula is C72H127NO10. The lowest BCUT2D eigenvalue weighted by molar-refractivity contribution is -0.305. The van der Waals surface area contributed by atoms with Crippen LogP contribution in [0.3, 0.4) is 0 Å². The Labute approximate surface area is 508 Å². The molecule has 1 saturated heterocycles. The molecule has 1 heterocycles. The Balaban J connectivity index is 2.64. The number of aliphatic hydroxyl groups excluding tert-OH is 5. The number of hydrogen-bond donors (Lipinski definition) is 6. The van der Waals surface area contributed by atoms with Gasteiger partial charge in [0.15, 0.2) is 12.4 Å². The van der Waals surface area contributed by atoms with Gasteiger partial charge in [0.1, 0.15) is 24.4 Å². The van der Waals surface area contributed by atoms with Crippen molar-refractivity contribution in [3.05, 3.63) is 85.1 Å². The number of unbranched alkanes of at least 4 members (excludes halogenated alkanes) is 32. The standard InChI is InChI=1S/C72H127NO10/c1-4-7-10-13-16-19-22-25-27-29-31-32-33-34-35-37-39-42-45-48-51-54-57-60-67(77)83-70-69(79)68(78)66(61-74)82-72(70)81-62-63(64(75)58-55-52-49-46-43-40-24-21-18-15-12-9-6-3)73-71(80)65(76)59-56-53-50-47-44-41-38-36-30-28-26-23-20-17-14-11-8-5-2/h16-17,19-20,25-28,31-32,34-35,55,58,63-66,68-70,72,74-76,78-79H,4-15,18,21-24,29-30,33,36-54,56-57,59-62H2,1-3H3,(H,73,80)/b19-16-,20-17-,27-25-,28-26-,32-31-,35-34-,58-55+. The summed E-state index contributed by atoms with van der Waals surface area (Å²) in [5.41, 5.74) is 0. The van der Waals surface area contributed by atoms with Crippen LogP contribution in [0, 0.1) is 0 Å². The fraction of sp³-hybridized carbons (Fsp3) is 0.778. The summed E-state index contributed by atoms with van der Waals surface area (Å²) in [6.07, 6.45) is 67.5. The zero-order valence-electron chi connectivity index (χ0n) is 53.3. The van der Waals surface area contributed by atoms with Gasteiger partial charge < -0.3 is 45.1 Å². The Morgan fingerprint density at radius 1 is 0.470 bits per heavy atom. The Morgan fingerprint density at radius 3 is 1.27 bits per heavy atom. The van der Waals surface area contributed by atoms with Crippen LogP contribution in [0.5, 0.6) is 0 Å². The van der Waals surface area contributed by atoms with Crippen molar-refractivity contribution in [3.63, 3.8) is 0 Å². The minimum atomic E-state index is -1.62. The summed E-state index contributed by atoms with van der Waals surface area (Å²) < 4.78 is 17.7. The van der Waals surface area contributed by atoms with Crippen molar-refractivity contribution in [2.24, 2.45) is 0 Å². The van der Waals surface area contributed by atoms with Crippen LogP contribution in [-0.2, 0) is 23.8 Å². The van der Waals surface area contributed by atoms with Gasteiger partial charge in [-0.2, -0.15) is 0 Å². The molecule has 0 aromatic rings. The highest BCUT2D eigenvalue weighted by Gasteiger charge is 2.47. The van der Waals surface area contributed by atoms with Crippen molar-refractivity contribution in [1.29, 1.82) is 0 Å². The first-order valence-electron chi connectivity index (χ1n) is 34.4. The second-order valence-corrected chi connectivity index (χ2v) is 23.6. The van der Waals surface area contributed by atoms with Crippen LogP contribution in [0.4, 0.5) is 0 Å². The molecule has 0 spiro atoms. The molecule has 1 amide bonds. The molecule has 8 unspecified atom stereocenters. The largest absolute Gasteiger partial charge is 0.454 e. The highest BCUT2D eigenvalue weighted by atomic mass is 16.7. The fourth-order valence-corrected chi connectivity index (χ4v) is 10.3. The summed E-state index contributed by atoms with van der Waals surface area (Å²) in [6, 6.07) is -1.03. The molecule has 1 fully saturated rings. The molecule has 8 atom stereocenters. The zero-order chi connectivity index (χ0) is 60.3. The molecule has 0 radical (unpaired) electrons. The lowest BCUT2D eigenvalue weighted by Gasteiger charge is -2.41. The Morgan fingerprint density at radius 2 is 0.831 bits per heavy atom. The van der Waals surface area contributed by atoms with Crippen molar-refractivity contribution < 1.29 is 49.3 Å². The second-order valence-electron chi connectivity index (χ2n) is 23.6. The molecule has 1 aliphatic heterocycles. The first-order chi connectivity index (χ1) is 40.7. The molecule has 0 aromatic carbocycles. The third kappa shape index (κ3) is 46.7. The van der Waals surface area contributed by atoms with Crippen LogP contribution in [0.1, 0.15) is 297 Å². The summed E-state index contributed by atoms with van der Waals surface area (Å²) in [7, 11) is 0. The number of nitrogens with one attached hydrogen (secondary N) is 1. The summed E-state index contributed by atoms with van der Waals surface area (Å²) in [5.74, 6) is -1.21. The van der Waals surface area contributed by atoms with E-state index >= 15 is 0 Å². The van der Waals surface area contributed by atoms with E-state index in [1.807, 2.05) is 6.08 Å². The Kier molecular flexibility index (Phi) is 55.5. The van der Waals surface area contributed by atoms with Crippen molar-refractivity contribution in [1.82, 2.24) is 5.32 Å². The van der Waals surface area contributed by atoms with Crippen LogP contribution in [0.15, 0.2) is 85.1 Å². The number of ether oxygens (including phenoxy) is 3. The van der Waals surface area contributed by atoms with E-state index in [2.05, 4.69) is 99.0 Å². The minimum absolute atomic E-state index is 0.108. The number of amides is 1. The Bertz CT molecular complexity index is 1670. The quantitative estimate of drug-likeness (QED) is 0.0195. The number of esters is 1. The van der Waals surface area contributed by atoms with Gasteiger partial charge >= 0.3 is 5.97 Å². The predicted octanol–water partition coefficient (Wildman–Crippen LogP) is 17.3. The van der Waals surface area contributed by atoms with Crippen LogP contribution in [0.25, 0.3) is 0 Å². The van der Waals surface area contributed by atoms with Gasteiger partial charge in [0.25, 0.3) is 0 Å². The van der Waals surface area contributed by atoms with Crippen molar-refractivity contribution in [2.45, 2.75) is 346 Å². The maximum atomic E-state index is 13.5. The number of carbonyl (C=O) groups excluding carboxylic acids is 2. The maximum Gasteiger partial charge on any atom is 0.306 e. The molecule has 1 aliphatic rings. The van der Waals surface area contributed by atoms with Crippen LogP contribution in [-0.4, -0.2) is 99.6 Å². The summed E-state index contributed by atoms with van der Waals surface area (Å²) >= 11 is 0. The molecule has 0 aliphatic carbocycles. The average Bonchev–Trinajstić information content (AvgIpc) is 3.50. The van der Waals surface area contributed by atoms with E-state index in [9.17, 15) is 35.1 Å². The third-order valence-electron chi connectivity index (χ3n) is 15.8. The summed E-state index contributed by atoms with van der Waals surface area (Å²) in [6.45, 7) is 5.75. The highest BCUT2D eigenvalue weighted by molar-refractivity contribution is 5.80. The van der Waals surface area contributed by atoms with Gasteiger partial charge in [-0.25, -0.2) is 0 Å². The van der Waals surface area contributed by atoms with E-state index in [-0.39, 0.29) is 19.4 Å². The zero-order valence-corrected chi connectivity index (χ0v) is 53.3. The van der Waals surface area contributed by atoms with E-state index < -0.39 is 67.4 Å². The predicted molar refractivity (Wildman–Crippen MR) is 347 cm³/mol. The molecule has 0 bridgehead atoms. The lowest BCUT2D eigenvalue weighted by Crippen LogP contribution is -2.61. The molecule has 1 rings (SSSR count). The van der Waals surface area contributed by atoms with Gasteiger partial charge in [-0.05, 0) is 103 Å². The van der Waals surface area contributed by atoms with Crippen LogP contribution in [0.2, 0.25) is 0 Å². The number of hydrogen-bond acceptors (Lipinski definition) is 10. The van der Waals surface area contributed by atoms with E-state index in [1.165, 1.54) is 135 Å². The van der Waals surface area contributed by atoms with Crippen molar-refractivity contribution in [2.75, 3.05) is 13.2 Å². The summed E-state index contributed by atoms with van der Waals surface area (Å²) in [4.78, 5) is 26.7. The van der Waals surface area contributed by atoms with Crippen molar-refractivity contribution >= 4 is 11.9 Å². The average molecular weight is 1170 g/mol. The first kappa shape index (κ1) is 77.9. The van der Waals surface area contributed by atoms with E-state index in [0.717, 1.165) is 116 Å². The lowest BCUT2D eigenvalue weighted by atomic mass is 9.99. The topological polar surface area (TPSA) is 175 Å². The van der Waals surface area contributed by atoms with Gasteiger partial charge in [0, 0.05) is 6.42 Å². The molecule has 11 nitrogen and oxygen atoms in total. The molecular weight excluding hydrogens is 1040 g/mol. The van der Waals surface area contributed by atoms with Crippen LogP contribution < -0.4 is 5.32 Å². The van der Waals surface area contributed by atoms with Gasteiger partial charge in [0.2, 0.25) is 5.91 Å². The van der Waals surface area contributed by atoms with Gasteiger partial charge in [0.05, 0.1) is 25.4 Å². The normalized spacial score (nSPS) is 19.1. The van der Waals surface area contributed by atoms with Crippen LogP contribution >= 0.6 is 0 Å².